The summed E-state index contributed by atoms with van der Waals surface area (Å²) in [4.78, 5) is 16.9. The molecule has 0 atom stereocenters. The van der Waals surface area contributed by atoms with Crippen LogP contribution in [0.5, 0.6) is 0 Å². The van der Waals surface area contributed by atoms with Gasteiger partial charge in [0, 0.05) is 18.0 Å². The van der Waals surface area contributed by atoms with E-state index in [9.17, 15) is 4.79 Å². The van der Waals surface area contributed by atoms with Crippen molar-refractivity contribution in [2.24, 2.45) is 0 Å². The van der Waals surface area contributed by atoms with Gasteiger partial charge in [0.05, 0.1) is 11.3 Å². The van der Waals surface area contributed by atoms with Crippen molar-refractivity contribution in [1.29, 1.82) is 0 Å². The van der Waals surface area contributed by atoms with Gasteiger partial charge in [0.15, 0.2) is 0 Å². The first-order valence-corrected chi connectivity index (χ1v) is 8.36. The van der Waals surface area contributed by atoms with Crippen LogP contribution in [-0.2, 0) is 0 Å². The van der Waals surface area contributed by atoms with E-state index in [1.165, 1.54) is 5.56 Å². The highest BCUT2D eigenvalue weighted by Gasteiger charge is 2.21. The maximum Gasteiger partial charge on any atom is 0.347 e. The van der Waals surface area contributed by atoms with Gasteiger partial charge in [-0.3, -0.25) is 4.98 Å². The van der Waals surface area contributed by atoms with E-state index in [4.69, 9.17) is 8.83 Å². The molecule has 0 bridgehead atoms. The van der Waals surface area contributed by atoms with E-state index in [0.29, 0.717) is 33.9 Å². The summed E-state index contributed by atoms with van der Waals surface area (Å²) in [5.74, 6) is 0.977. The number of furan rings is 1. The summed E-state index contributed by atoms with van der Waals surface area (Å²) in [7, 11) is 0. The number of benzene rings is 1. The zero-order valence-corrected chi connectivity index (χ0v) is 14.8. The molecule has 5 nitrogen and oxygen atoms in total. The van der Waals surface area contributed by atoms with Gasteiger partial charge in [0.1, 0.15) is 16.7 Å². The van der Waals surface area contributed by atoms with Crippen molar-refractivity contribution in [2.75, 3.05) is 5.32 Å². The van der Waals surface area contributed by atoms with Crippen LogP contribution >= 0.6 is 0 Å². The SMILES string of the molecule is Cc1ccc(Nc2oc3cc(C)oc(=O)c3c2-c2ccccn2)c(C)c1. The molecule has 0 aliphatic rings. The first-order valence-electron chi connectivity index (χ1n) is 8.36. The zero-order valence-electron chi connectivity index (χ0n) is 14.8. The lowest BCUT2D eigenvalue weighted by Crippen LogP contribution is -2.01. The van der Waals surface area contributed by atoms with Crippen molar-refractivity contribution in [1.82, 2.24) is 4.98 Å². The Balaban J connectivity index is 1.96. The van der Waals surface area contributed by atoms with Crippen LogP contribution in [0.1, 0.15) is 16.9 Å². The second-order valence-corrected chi connectivity index (χ2v) is 6.35. The van der Waals surface area contributed by atoms with Crippen LogP contribution < -0.4 is 10.9 Å². The molecule has 3 heterocycles. The van der Waals surface area contributed by atoms with Crippen molar-refractivity contribution in [3.63, 3.8) is 0 Å². The lowest BCUT2D eigenvalue weighted by atomic mass is 10.1. The highest BCUT2D eigenvalue weighted by Crippen LogP contribution is 2.38. The molecular formula is C21H18N2O3. The van der Waals surface area contributed by atoms with E-state index in [1.54, 1.807) is 19.2 Å². The van der Waals surface area contributed by atoms with Crippen molar-refractivity contribution >= 4 is 22.5 Å². The number of nitrogens with zero attached hydrogens (tertiary/aromatic N) is 1. The fourth-order valence-corrected chi connectivity index (χ4v) is 3.08. The van der Waals surface area contributed by atoms with Gasteiger partial charge in [0.25, 0.3) is 0 Å². The number of aryl methyl sites for hydroxylation is 3. The second kappa shape index (κ2) is 6.19. The molecule has 0 radical (unpaired) electrons. The number of nitrogens with one attached hydrogen (secondary N) is 1. The van der Waals surface area contributed by atoms with Crippen molar-refractivity contribution in [2.45, 2.75) is 20.8 Å². The Morgan fingerprint density at radius 2 is 1.85 bits per heavy atom. The summed E-state index contributed by atoms with van der Waals surface area (Å²) < 4.78 is 11.3. The van der Waals surface area contributed by atoms with Crippen molar-refractivity contribution in [3.05, 3.63) is 76.0 Å². The third-order valence-electron chi connectivity index (χ3n) is 4.28. The number of aromatic nitrogens is 1. The molecule has 1 N–H and O–H groups in total. The summed E-state index contributed by atoms with van der Waals surface area (Å²) in [6.07, 6.45) is 1.69. The molecule has 0 fully saturated rings. The highest BCUT2D eigenvalue weighted by molar-refractivity contribution is 5.99. The zero-order chi connectivity index (χ0) is 18.3. The molecule has 5 heteroatoms. The molecule has 0 spiro atoms. The quantitative estimate of drug-likeness (QED) is 0.558. The third-order valence-corrected chi connectivity index (χ3v) is 4.28. The Kier molecular flexibility index (Phi) is 3.84. The lowest BCUT2D eigenvalue weighted by molar-refractivity contribution is 0.485. The van der Waals surface area contributed by atoms with Crippen molar-refractivity contribution in [3.8, 4) is 11.3 Å². The maximum atomic E-state index is 12.5. The first-order chi connectivity index (χ1) is 12.5. The fraction of sp³-hybridized carbons (Fsp3) is 0.143. The minimum absolute atomic E-state index is 0.390. The highest BCUT2D eigenvalue weighted by atomic mass is 16.4. The molecule has 1 aromatic carbocycles. The van der Waals surface area contributed by atoms with Crippen LogP contribution in [0, 0.1) is 20.8 Å². The Labute approximate surface area is 150 Å². The van der Waals surface area contributed by atoms with Gasteiger partial charge in [-0.1, -0.05) is 23.8 Å². The van der Waals surface area contributed by atoms with E-state index < -0.39 is 5.63 Å². The average Bonchev–Trinajstić information content (AvgIpc) is 2.96. The minimum Gasteiger partial charge on any atom is -0.439 e. The van der Waals surface area contributed by atoms with E-state index in [1.807, 2.05) is 44.2 Å². The van der Waals surface area contributed by atoms with Gasteiger partial charge in [0.2, 0.25) is 5.88 Å². The van der Waals surface area contributed by atoms with Gasteiger partial charge in [-0.05, 0) is 44.5 Å². The number of hydrogen-bond donors (Lipinski definition) is 1. The van der Waals surface area contributed by atoms with Gasteiger partial charge in [-0.15, -0.1) is 0 Å². The summed E-state index contributed by atoms with van der Waals surface area (Å²) in [5.41, 5.74) is 4.47. The molecule has 0 aliphatic carbocycles. The molecular weight excluding hydrogens is 328 g/mol. The van der Waals surface area contributed by atoms with Crippen molar-refractivity contribution < 1.29 is 8.83 Å². The number of pyridine rings is 1. The summed E-state index contributed by atoms with van der Waals surface area (Å²) in [6.45, 7) is 5.79. The number of rotatable bonds is 3. The Hall–Kier alpha value is -3.34. The van der Waals surface area contributed by atoms with Gasteiger partial charge < -0.3 is 14.2 Å². The molecule has 4 rings (SSSR count). The predicted octanol–water partition coefficient (Wildman–Crippen LogP) is 5.12. The molecule has 4 aromatic rings. The van der Waals surface area contributed by atoms with Crippen LogP contribution in [0.4, 0.5) is 11.6 Å². The maximum absolute atomic E-state index is 12.5. The molecule has 0 aliphatic heterocycles. The lowest BCUT2D eigenvalue weighted by Gasteiger charge is -2.09. The summed E-state index contributed by atoms with van der Waals surface area (Å²) >= 11 is 0. The van der Waals surface area contributed by atoms with Crippen LogP contribution in [0.2, 0.25) is 0 Å². The third kappa shape index (κ3) is 2.77. The largest absolute Gasteiger partial charge is 0.439 e. The van der Waals surface area contributed by atoms with Gasteiger partial charge in [-0.25, -0.2) is 4.79 Å². The van der Waals surface area contributed by atoms with E-state index >= 15 is 0 Å². The summed E-state index contributed by atoms with van der Waals surface area (Å²) in [5, 5.41) is 3.71. The average molecular weight is 346 g/mol. The fourth-order valence-electron chi connectivity index (χ4n) is 3.08. The standard InChI is InChI=1S/C21H18N2O3/c1-12-7-8-15(13(2)10-12)23-20-18(16-6-4-5-9-22-16)19-17(26-20)11-14(3)25-21(19)24/h4-11,23H,1-3H3. The molecule has 130 valence electrons. The van der Waals surface area contributed by atoms with E-state index in [2.05, 4.69) is 16.4 Å². The van der Waals surface area contributed by atoms with Crippen LogP contribution in [0.25, 0.3) is 22.2 Å². The Morgan fingerprint density at radius 3 is 2.58 bits per heavy atom. The Bertz CT molecular complexity index is 1160. The molecule has 0 unspecified atom stereocenters. The normalized spacial score (nSPS) is 11.0. The molecule has 0 saturated heterocycles. The molecule has 0 amide bonds. The number of anilines is 2. The number of hydrogen-bond acceptors (Lipinski definition) is 5. The smallest absolute Gasteiger partial charge is 0.347 e. The van der Waals surface area contributed by atoms with E-state index in [0.717, 1.165) is 11.3 Å². The topological polar surface area (TPSA) is 68.3 Å². The number of fused-ring (bicyclic) bond motifs is 1. The molecule has 0 saturated carbocycles. The first kappa shape index (κ1) is 16.1. The van der Waals surface area contributed by atoms with Crippen LogP contribution in [0.3, 0.4) is 0 Å². The van der Waals surface area contributed by atoms with Crippen LogP contribution in [-0.4, -0.2) is 4.98 Å². The van der Waals surface area contributed by atoms with E-state index in [-0.39, 0.29) is 0 Å². The second-order valence-electron chi connectivity index (χ2n) is 6.35. The van der Waals surface area contributed by atoms with Gasteiger partial charge in [-0.2, -0.15) is 0 Å². The summed E-state index contributed by atoms with van der Waals surface area (Å²) in [6, 6.07) is 13.4. The molecule has 26 heavy (non-hydrogen) atoms. The monoisotopic (exact) mass is 346 g/mol. The Morgan fingerprint density at radius 1 is 1.00 bits per heavy atom. The minimum atomic E-state index is -0.432. The molecule has 3 aromatic heterocycles. The van der Waals surface area contributed by atoms with Gasteiger partial charge >= 0.3 is 5.63 Å². The van der Waals surface area contributed by atoms with Crippen LogP contribution in [0.15, 0.2) is 62.3 Å². The predicted molar refractivity (Wildman–Crippen MR) is 102 cm³/mol.